The summed E-state index contributed by atoms with van der Waals surface area (Å²) in [4.78, 5) is 0. The summed E-state index contributed by atoms with van der Waals surface area (Å²) in [5.74, 6) is 0. The molecule has 0 spiro atoms. The van der Waals surface area contributed by atoms with Gasteiger partial charge in [0.15, 0.2) is 0 Å². The van der Waals surface area contributed by atoms with Gasteiger partial charge >= 0.3 is 0 Å². The lowest BCUT2D eigenvalue weighted by Gasteiger charge is -2.33. The van der Waals surface area contributed by atoms with E-state index in [0.717, 1.165) is 18.4 Å². The Bertz CT molecular complexity index is 136. The van der Waals surface area contributed by atoms with Gasteiger partial charge < -0.3 is 11.5 Å². The zero-order valence-electron chi connectivity index (χ0n) is 7.85. The fourth-order valence-corrected chi connectivity index (χ4v) is 1.18. The predicted octanol–water partition coefficient (Wildman–Crippen LogP) is 1.41. The number of rotatable bonds is 4. The zero-order chi connectivity index (χ0) is 9.07. The quantitative estimate of drug-likeness (QED) is 0.605. The predicted molar refractivity (Wildman–Crippen MR) is 50.3 cm³/mol. The van der Waals surface area contributed by atoms with Gasteiger partial charge in [-0.25, -0.2) is 0 Å². The summed E-state index contributed by atoms with van der Waals surface area (Å²) < 4.78 is 0. The molecule has 0 aromatic heterocycles. The summed E-state index contributed by atoms with van der Waals surface area (Å²) in [7, 11) is 0. The van der Waals surface area contributed by atoms with Crippen LogP contribution in [0.25, 0.3) is 0 Å². The van der Waals surface area contributed by atoms with Crippen LogP contribution in [0.4, 0.5) is 0 Å². The highest BCUT2D eigenvalue weighted by Crippen LogP contribution is 2.18. The lowest BCUT2D eigenvalue weighted by Crippen LogP contribution is -2.54. The second-order valence-electron chi connectivity index (χ2n) is 3.26. The Balaban J connectivity index is 4.36. The molecule has 4 N–H and O–H groups in total. The van der Waals surface area contributed by atoms with Crippen LogP contribution in [0.1, 0.15) is 33.6 Å². The van der Waals surface area contributed by atoms with Crippen molar-refractivity contribution in [2.24, 2.45) is 11.5 Å². The standard InChI is InChI=1S/C9H20N2/c1-5-9(11,6-2)8(10)7(3)4/h8H,3,5-6,10-11H2,1-2,4H3. The molecule has 0 aliphatic carbocycles. The molecule has 0 aromatic carbocycles. The van der Waals surface area contributed by atoms with E-state index in [1.165, 1.54) is 0 Å². The van der Waals surface area contributed by atoms with E-state index in [2.05, 4.69) is 20.4 Å². The van der Waals surface area contributed by atoms with Crippen molar-refractivity contribution in [3.8, 4) is 0 Å². The number of nitrogens with two attached hydrogens (primary N) is 2. The Morgan fingerprint density at radius 1 is 1.45 bits per heavy atom. The second kappa shape index (κ2) is 3.88. The molecule has 0 aromatic rings. The first-order valence-electron chi connectivity index (χ1n) is 4.17. The SMILES string of the molecule is C=C(C)C(N)C(N)(CC)CC. The summed E-state index contributed by atoms with van der Waals surface area (Å²) in [6, 6.07) is -0.0718. The smallest absolute Gasteiger partial charge is 0.0431 e. The molecule has 0 radical (unpaired) electrons. The van der Waals surface area contributed by atoms with Gasteiger partial charge in [0.05, 0.1) is 0 Å². The van der Waals surface area contributed by atoms with Crippen LogP contribution in [0.2, 0.25) is 0 Å². The summed E-state index contributed by atoms with van der Waals surface area (Å²) in [6.45, 7) is 9.86. The van der Waals surface area contributed by atoms with Crippen molar-refractivity contribution in [1.29, 1.82) is 0 Å². The van der Waals surface area contributed by atoms with E-state index in [9.17, 15) is 0 Å². The fourth-order valence-electron chi connectivity index (χ4n) is 1.18. The third kappa shape index (κ3) is 2.31. The summed E-state index contributed by atoms with van der Waals surface area (Å²) in [6.07, 6.45) is 1.80. The van der Waals surface area contributed by atoms with Crippen LogP contribution in [-0.4, -0.2) is 11.6 Å². The van der Waals surface area contributed by atoms with Gasteiger partial charge in [-0.05, 0) is 19.8 Å². The van der Waals surface area contributed by atoms with Crippen molar-refractivity contribution in [2.45, 2.75) is 45.2 Å². The van der Waals surface area contributed by atoms with Crippen LogP contribution >= 0.6 is 0 Å². The van der Waals surface area contributed by atoms with Crippen molar-refractivity contribution in [3.63, 3.8) is 0 Å². The van der Waals surface area contributed by atoms with Gasteiger partial charge in [0, 0.05) is 11.6 Å². The molecule has 0 aliphatic heterocycles. The lowest BCUT2D eigenvalue weighted by atomic mass is 9.83. The minimum absolute atomic E-state index is 0.0718. The van der Waals surface area contributed by atoms with E-state index in [1.54, 1.807) is 0 Å². The maximum Gasteiger partial charge on any atom is 0.0431 e. The average molecular weight is 156 g/mol. The Labute approximate surface area is 69.6 Å². The summed E-state index contributed by atoms with van der Waals surface area (Å²) in [5, 5.41) is 0. The number of hydrogen-bond donors (Lipinski definition) is 2. The van der Waals surface area contributed by atoms with Gasteiger partial charge in [-0.1, -0.05) is 26.0 Å². The minimum atomic E-state index is -0.258. The highest BCUT2D eigenvalue weighted by atomic mass is 14.8. The van der Waals surface area contributed by atoms with E-state index >= 15 is 0 Å². The molecule has 0 bridgehead atoms. The molecule has 0 amide bonds. The highest BCUT2D eigenvalue weighted by Gasteiger charge is 2.28. The fraction of sp³-hybridized carbons (Fsp3) is 0.778. The molecule has 66 valence electrons. The molecule has 0 heterocycles. The molecule has 2 heteroatoms. The Morgan fingerprint density at radius 3 is 1.91 bits per heavy atom. The highest BCUT2D eigenvalue weighted by molar-refractivity contribution is 5.11. The maximum absolute atomic E-state index is 6.06. The van der Waals surface area contributed by atoms with Crippen molar-refractivity contribution in [1.82, 2.24) is 0 Å². The first-order chi connectivity index (χ1) is 4.98. The van der Waals surface area contributed by atoms with E-state index in [0.29, 0.717) is 0 Å². The van der Waals surface area contributed by atoms with Gasteiger partial charge in [-0.3, -0.25) is 0 Å². The normalized spacial score (nSPS) is 14.6. The van der Waals surface area contributed by atoms with Gasteiger partial charge in [0.25, 0.3) is 0 Å². The molecular weight excluding hydrogens is 136 g/mol. The third-order valence-corrected chi connectivity index (χ3v) is 2.47. The van der Waals surface area contributed by atoms with Crippen molar-refractivity contribution in [2.75, 3.05) is 0 Å². The Hall–Kier alpha value is -0.340. The zero-order valence-corrected chi connectivity index (χ0v) is 7.85. The van der Waals surface area contributed by atoms with Crippen LogP contribution in [0.15, 0.2) is 12.2 Å². The number of hydrogen-bond acceptors (Lipinski definition) is 2. The van der Waals surface area contributed by atoms with Crippen LogP contribution in [0, 0.1) is 0 Å². The molecule has 0 saturated heterocycles. The van der Waals surface area contributed by atoms with Crippen LogP contribution in [-0.2, 0) is 0 Å². The van der Waals surface area contributed by atoms with Crippen molar-refractivity contribution in [3.05, 3.63) is 12.2 Å². The lowest BCUT2D eigenvalue weighted by molar-refractivity contribution is 0.348. The van der Waals surface area contributed by atoms with Crippen LogP contribution in [0.3, 0.4) is 0 Å². The molecule has 0 fully saturated rings. The van der Waals surface area contributed by atoms with Gasteiger partial charge in [-0.2, -0.15) is 0 Å². The molecule has 0 rings (SSSR count). The first-order valence-corrected chi connectivity index (χ1v) is 4.17. The van der Waals surface area contributed by atoms with Gasteiger partial charge in [-0.15, -0.1) is 0 Å². The summed E-state index contributed by atoms with van der Waals surface area (Å²) >= 11 is 0. The largest absolute Gasteiger partial charge is 0.324 e. The van der Waals surface area contributed by atoms with Crippen LogP contribution in [0.5, 0.6) is 0 Å². The molecular formula is C9H20N2. The van der Waals surface area contributed by atoms with Crippen LogP contribution < -0.4 is 11.5 Å². The molecule has 1 atom stereocenters. The Morgan fingerprint density at radius 2 is 1.82 bits per heavy atom. The first kappa shape index (κ1) is 10.7. The van der Waals surface area contributed by atoms with E-state index in [-0.39, 0.29) is 11.6 Å². The second-order valence-corrected chi connectivity index (χ2v) is 3.26. The van der Waals surface area contributed by atoms with Crippen molar-refractivity contribution >= 4 is 0 Å². The van der Waals surface area contributed by atoms with E-state index in [1.807, 2.05) is 6.92 Å². The van der Waals surface area contributed by atoms with E-state index < -0.39 is 0 Å². The molecule has 11 heavy (non-hydrogen) atoms. The molecule has 2 nitrogen and oxygen atoms in total. The minimum Gasteiger partial charge on any atom is -0.324 e. The molecule has 0 saturated carbocycles. The Kier molecular flexibility index (Phi) is 3.76. The topological polar surface area (TPSA) is 52.0 Å². The maximum atomic E-state index is 6.06. The van der Waals surface area contributed by atoms with Gasteiger partial charge in [0.1, 0.15) is 0 Å². The third-order valence-electron chi connectivity index (χ3n) is 2.47. The average Bonchev–Trinajstić information content (AvgIpc) is 2.01. The van der Waals surface area contributed by atoms with Gasteiger partial charge in [0.2, 0.25) is 0 Å². The molecule has 1 unspecified atom stereocenters. The molecule has 0 aliphatic rings. The van der Waals surface area contributed by atoms with Crippen molar-refractivity contribution < 1.29 is 0 Å². The summed E-state index contributed by atoms with van der Waals surface area (Å²) in [5.41, 5.74) is 12.7. The monoisotopic (exact) mass is 156 g/mol. The van der Waals surface area contributed by atoms with E-state index in [4.69, 9.17) is 11.5 Å².